The van der Waals surface area contributed by atoms with Gasteiger partial charge in [-0.1, -0.05) is 24.3 Å². The van der Waals surface area contributed by atoms with Crippen molar-refractivity contribution in [1.82, 2.24) is 9.97 Å². The highest BCUT2D eigenvalue weighted by Gasteiger charge is 2.10. The Hall–Kier alpha value is -3.73. The molecule has 138 valence electrons. The van der Waals surface area contributed by atoms with E-state index in [4.69, 9.17) is 0 Å². The van der Waals surface area contributed by atoms with Crippen molar-refractivity contribution in [2.45, 2.75) is 13.8 Å². The van der Waals surface area contributed by atoms with E-state index in [9.17, 15) is 4.79 Å². The molecular weight excluding hydrogens is 348 g/mol. The van der Waals surface area contributed by atoms with E-state index in [1.165, 1.54) is 11.1 Å². The highest BCUT2D eigenvalue weighted by molar-refractivity contribution is 6.08. The van der Waals surface area contributed by atoms with Gasteiger partial charge < -0.3 is 10.6 Å². The predicted molar refractivity (Wildman–Crippen MR) is 113 cm³/mol. The summed E-state index contributed by atoms with van der Waals surface area (Å²) < 4.78 is 0. The van der Waals surface area contributed by atoms with Crippen LogP contribution in [0.2, 0.25) is 0 Å². The Morgan fingerprint density at radius 2 is 1.64 bits per heavy atom. The summed E-state index contributed by atoms with van der Waals surface area (Å²) in [6.45, 7) is 4.10. The maximum atomic E-state index is 12.8. The number of nitrogens with zero attached hydrogens (tertiary/aromatic N) is 2. The van der Waals surface area contributed by atoms with Gasteiger partial charge in [-0.25, -0.2) is 4.98 Å². The highest BCUT2D eigenvalue weighted by atomic mass is 16.1. The molecule has 0 aliphatic heterocycles. The molecule has 5 nitrogen and oxygen atoms in total. The Bertz CT molecular complexity index is 1140. The summed E-state index contributed by atoms with van der Waals surface area (Å²) in [5, 5.41) is 7.20. The first-order valence-corrected chi connectivity index (χ1v) is 9.05. The van der Waals surface area contributed by atoms with Crippen LogP contribution in [0, 0.1) is 13.8 Å². The minimum atomic E-state index is -0.205. The van der Waals surface area contributed by atoms with E-state index in [1.807, 2.05) is 56.3 Å². The maximum Gasteiger partial charge on any atom is 0.255 e. The largest absolute Gasteiger partial charge is 0.340 e. The zero-order valence-electron chi connectivity index (χ0n) is 15.7. The predicted octanol–water partition coefficient (Wildman–Crippen LogP) is 5.24. The van der Waals surface area contributed by atoms with Crippen LogP contribution >= 0.6 is 0 Å². The number of pyridine rings is 2. The van der Waals surface area contributed by atoms with Crippen LogP contribution in [0.3, 0.4) is 0 Å². The van der Waals surface area contributed by atoms with Gasteiger partial charge in [0.1, 0.15) is 5.82 Å². The van der Waals surface area contributed by atoms with Crippen molar-refractivity contribution >= 4 is 34.0 Å². The van der Waals surface area contributed by atoms with Crippen LogP contribution in [0.4, 0.5) is 17.2 Å². The third kappa shape index (κ3) is 3.83. The Morgan fingerprint density at radius 3 is 2.46 bits per heavy atom. The summed E-state index contributed by atoms with van der Waals surface area (Å²) in [6, 6.07) is 19.2. The van der Waals surface area contributed by atoms with Gasteiger partial charge in [0.15, 0.2) is 0 Å². The molecule has 0 unspecified atom stereocenters. The first kappa shape index (κ1) is 17.7. The lowest BCUT2D eigenvalue weighted by atomic mass is 10.1. The number of fused-ring (bicyclic) bond motifs is 1. The van der Waals surface area contributed by atoms with Gasteiger partial charge >= 0.3 is 0 Å². The van der Waals surface area contributed by atoms with Crippen LogP contribution in [0.1, 0.15) is 21.5 Å². The van der Waals surface area contributed by atoms with Crippen LogP contribution in [0.5, 0.6) is 0 Å². The third-order valence-corrected chi connectivity index (χ3v) is 4.40. The molecule has 4 aromatic rings. The fourth-order valence-corrected chi connectivity index (χ4v) is 3.23. The Balaban J connectivity index is 1.57. The molecule has 2 N–H and O–H groups in total. The van der Waals surface area contributed by atoms with Crippen molar-refractivity contribution in [3.05, 3.63) is 89.7 Å². The topological polar surface area (TPSA) is 66.9 Å². The average Bonchev–Trinajstić information content (AvgIpc) is 2.68. The molecule has 28 heavy (non-hydrogen) atoms. The molecule has 0 atom stereocenters. The van der Waals surface area contributed by atoms with E-state index < -0.39 is 0 Å². The number of rotatable bonds is 4. The lowest BCUT2D eigenvalue weighted by Gasteiger charge is -2.10. The maximum absolute atomic E-state index is 12.8. The van der Waals surface area contributed by atoms with E-state index in [0.717, 1.165) is 16.6 Å². The number of hydrogen-bond acceptors (Lipinski definition) is 4. The molecule has 2 aromatic carbocycles. The van der Waals surface area contributed by atoms with E-state index in [0.29, 0.717) is 17.1 Å². The van der Waals surface area contributed by atoms with Crippen molar-refractivity contribution < 1.29 is 4.79 Å². The molecule has 5 heteroatoms. The second-order valence-electron chi connectivity index (χ2n) is 6.77. The normalized spacial score (nSPS) is 10.6. The van der Waals surface area contributed by atoms with Crippen LogP contribution in [-0.4, -0.2) is 15.9 Å². The second-order valence-corrected chi connectivity index (χ2v) is 6.77. The van der Waals surface area contributed by atoms with Crippen molar-refractivity contribution in [3.63, 3.8) is 0 Å². The summed E-state index contributed by atoms with van der Waals surface area (Å²) in [6.07, 6.45) is 3.34. The summed E-state index contributed by atoms with van der Waals surface area (Å²) in [7, 11) is 0. The fourth-order valence-electron chi connectivity index (χ4n) is 3.23. The van der Waals surface area contributed by atoms with Gasteiger partial charge in [0.05, 0.1) is 11.2 Å². The molecule has 2 aromatic heterocycles. The summed E-state index contributed by atoms with van der Waals surface area (Å²) in [5.41, 5.74) is 5.25. The molecule has 0 aliphatic rings. The Morgan fingerprint density at radius 1 is 0.857 bits per heavy atom. The van der Waals surface area contributed by atoms with E-state index >= 15 is 0 Å². The number of hydrogen-bond donors (Lipinski definition) is 2. The molecular formula is C23H20N4O. The fraction of sp³-hybridized carbons (Fsp3) is 0.0870. The highest BCUT2D eigenvalue weighted by Crippen LogP contribution is 2.22. The third-order valence-electron chi connectivity index (χ3n) is 4.40. The molecule has 0 saturated carbocycles. The lowest BCUT2D eigenvalue weighted by Crippen LogP contribution is -2.13. The lowest BCUT2D eigenvalue weighted by molar-refractivity contribution is 0.102. The summed E-state index contributed by atoms with van der Waals surface area (Å²) >= 11 is 0. The van der Waals surface area contributed by atoms with E-state index in [-0.39, 0.29) is 5.91 Å². The monoisotopic (exact) mass is 368 g/mol. The molecule has 1 amide bonds. The number of para-hydroxylation sites is 1. The van der Waals surface area contributed by atoms with Crippen molar-refractivity contribution in [2.24, 2.45) is 0 Å². The van der Waals surface area contributed by atoms with Crippen LogP contribution in [-0.2, 0) is 0 Å². The number of anilines is 3. The first-order valence-electron chi connectivity index (χ1n) is 9.05. The SMILES string of the molecule is Cc1cc(C)cc(Nc2cc(C(=O)Nc3cccc4cccnc34)ccn2)c1. The molecule has 0 radical (unpaired) electrons. The van der Waals surface area contributed by atoms with Gasteiger partial charge in [0.25, 0.3) is 5.91 Å². The second kappa shape index (κ2) is 7.48. The smallest absolute Gasteiger partial charge is 0.255 e. The summed E-state index contributed by atoms with van der Waals surface area (Å²) in [4.78, 5) is 21.5. The van der Waals surface area contributed by atoms with Crippen molar-refractivity contribution in [1.29, 1.82) is 0 Å². The minimum absolute atomic E-state index is 0.205. The van der Waals surface area contributed by atoms with Gasteiger partial charge in [-0.3, -0.25) is 9.78 Å². The number of carbonyl (C=O) groups excluding carboxylic acids is 1. The molecule has 0 spiro atoms. The minimum Gasteiger partial charge on any atom is -0.340 e. The number of aromatic nitrogens is 2. The number of amides is 1. The van der Waals surface area contributed by atoms with Crippen LogP contribution in [0.15, 0.2) is 73.1 Å². The number of benzene rings is 2. The van der Waals surface area contributed by atoms with E-state index in [1.54, 1.807) is 24.5 Å². The number of nitrogens with one attached hydrogen (secondary N) is 2. The van der Waals surface area contributed by atoms with Crippen molar-refractivity contribution in [3.8, 4) is 0 Å². The molecule has 0 fully saturated rings. The van der Waals surface area contributed by atoms with Gasteiger partial charge in [0.2, 0.25) is 0 Å². The Labute approximate surface area is 163 Å². The number of carbonyl (C=O) groups is 1. The van der Waals surface area contributed by atoms with Crippen LogP contribution in [0.25, 0.3) is 10.9 Å². The standard InChI is InChI=1S/C23H20N4O/c1-15-11-16(2)13-19(12-15)26-21-14-18(8-10-24-21)23(28)27-20-7-3-5-17-6-4-9-25-22(17)20/h3-14H,1-2H3,(H,24,26)(H,27,28). The molecule has 4 rings (SSSR count). The molecule has 0 bridgehead atoms. The quantitative estimate of drug-likeness (QED) is 0.517. The van der Waals surface area contributed by atoms with Gasteiger partial charge in [-0.15, -0.1) is 0 Å². The van der Waals surface area contributed by atoms with Gasteiger partial charge in [-0.2, -0.15) is 0 Å². The van der Waals surface area contributed by atoms with Gasteiger partial charge in [-0.05, 0) is 61.4 Å². The zero-order chi connectivity index (χ0) is 19.5. The number of aryl methyl sites for hydroxylation is 2. The van der Waals surface area contributed by atoms with Crippen molar-refractivity contribution in [2.75, 3.05) is 10.6 Å². The van der Waals surface area contributed by atoms with E-state index in [2.05, 4.69) is 26.7 Å². The summed E-state index contributed by atoms with van der Waals surface area (Å²) in [5.74, 6) is 0.415. The molecule has 0 aliphatic carbocycles. The Kier molecular flexibility index (Phi) is 4.72. The van der Waals surface area contributed by atoms with Gasteiger partial charge in [0, 0.05) is 29.0 Å². The first-order chi connectivity index (χ1) is 13.6. The zero-order valence-corrected chi connectivity index (χ0v) is 15.7. The molecule has 2 heterocycles. The molecule has 0 saturated heterocycles. The van der Waals surface area contributed by atoms with Crippen LogP contribution < -0.4 is 10.6 Å². The average molecular weight is 368 g/mol.